The lowest BCUT2D eigenvalue weighted by Gasteiger charge is -2.20. The minimum Gasteiger partial charge on any atom is -0.398 e. The van der Waals surface area contributed by atoms with Crippen LogP contribution in [0.15, 0.2) is 47.4 Å². The summed E-state index contributed by atoms with van der Waals surface area (Å²) in [5.74, 6) is 0. The van der Waals surface area contributed by atoms with Crippen LogP contribution in [0.2, 0.25) is 0 Å². The Hall–Kier alpha value is -2.05. The van der Waals surface area contributed by atoms with Gasteiger partial charge in [0.15, 0.2) is 0 Å². The summed E-state index contributed by atoms with van der Waals surface area (Å²) in [4.78, 5) is 2.27. The van der Waals surface area contributed by atoms with Gasteiger partial charge in [0.25, 0.3) is 0 Å². The highest BCUT2D eigenvalue weighted by Gasteiger charge is 2.22. The molecule has 2 aromatic rings. The standard InChI is InChI=1S/C15H17N3O2S/c1-17-21(19,20)15-7-6-12(10-13(15)16)18-9-8-11-4-2-3-5-14(11)18/h2-7,10,17H,8-9,16H2,1H3. The number of benzene rings is 2. The second kappa shape index (κ2) is 5.05. The fraction of sp³-hybridized carbons (Fsp3) is 0.200. The quantitative estimate of drug-likeness (QED) is 0.849. The molecule has 1 heterocycles. The summed E-state index contributed by atoms with van der Waals surface area (Å²) in [6, 6.07) is 13.3. The van der Waals surface area contributed by atoms with Gasteiger partial charge < -0.3 is 10.6 Å². The average Bonchev–Trinajstić information content (AvgIpc) is 2.90. The monoisotopic (exact) mass is 303 g/mol. The van der Waals surface area contributed by atoms with E-state index in [4.69, 9.17) is 5.73 Å². The molecule has 0 aliphatic carbocycles. The van der Waals surface area contributed by atoms with E-state index in [-0.39, 0.29) is 10.6 Å². The maximum Gasteiger partial charge on any atom is 0.242 e. The Morgan fingerprint density at radius 2 is 1.95 bits per heavy atom. The lowest BCUT2D eigenvalue weighted by molar-refractivity contribution is 0.588. The Balaban J connectivity index is 2.01. The molecular weight excluding hydrogens is 286 g/mol. The Bertz CT molecular complexity index is 787. The smallest absolute Gasteiger partial charge is 0.242 e. The minimum atomic E-state index is -3.52. The second-order valence-corrected chi connectivity index (χ2v) is 6.81. The van der Waals surface area contributed by atoms with Crippen LogP contribution in [0, 0.1) is 0 Å². The third kappa shape index (κ3) is 2.36. The number of nitrogens with one attached hydrogen (secondary N) is 1. The van der Waals surface area contributed by atoms with Crippen LogP contribution in [0.4, 0.5) is 17.1 Å². The van der Waals surface area contributed by atoms with E-state index in [1.807, 2.05) is 12.1 Å². The topological polar surface area (TPSA) is 75.4 Å². The van der Waals surface area contributed by atoms with Crippen molar-refractivity contribution >= 4 is 27.1 Å². The van der Waals surface area contributed by atoms with E-state index >= 15 is 0 Å². The maximum absolute atomic E-state index is 11.8. The van der Waals surface area contributed by atoms with Gasteiger partial charge in [-0.3, -0.25) is 0 Å². The van der Waals surface area contributed by atoms with Gasteiger partial charge in [0.05, 0.1) is 5.69 Å². The molecule has 6 heteroatoms. The predicted octanol–water partition coefficient (Wildman–Crippen LogP) is 1.87. The molecule has 0 radical (unpaired) electrons. The van der Waals surface area contributed by atoms with Crippen molar-refractivity contribution in [1.29, 1.82) is 0 Å². The highest BCUT2D eigenvalue weighted by atomic mass is 32.2. The van der Waals surface area contributed by atoms with E-state index in [1.54, 1.807) is 18.2 Å². The molecule has 0 saturated carbocycles. The van der Waals surface area contributed by atoms with Gasteiger partial charge in [-0.1, -0.05) is 18.2 Å². The summed E-state index contributed by atoms with van der Waals surface area (Å²) < 4.78 is 26.0. The van der Waals surface area contributed by atoms with Crippen molar-refractivity contribution in [2.45, 2.75) is 11.3 Å². The van der Waals surface area contributed by atoms with Crippen molar-refractivity contribution in [3.05, 3.63) is 48.0 Å². The zero-order chi connectivity index (χ0) is 15.0. The van der Waals surface area contributed by atoms with E-state index in [9.17, 15) is 8.42 Å². The van der Waals surface area contributed by atoms with Crippen LogP contribution >= 0.6 is 0 Å². The third-order valence-corrected chi connectivity index (χ3v) is 5.24. The Morgan fingerprint density at radius 3 is 2.67 bits per heavy atom. The first-order valence-corrected chi connectivity index (χ1v) is 8.20. The first-order valence-electron chi connectivity index (χ1n) is 6.71. The summed E-state index contributed by atoms with van der Waals surface area (Å²) in [5.41, 5.74) is 9.54. The van der Waals surface area contributed by atoms with Gasteiger partial charge in [0.2, 0.25) is 10.0 Å². The van der Waals surface area contributed by atoms with Crippen LogP contribution in [0.1, 0.15) is 5.56 Å². The number of anilines is 3. The number of nitrogen functional groups attached to an aromatic ring is 1. The second-order valence-electron chi connectivity index (χ2n) is 4.96. The molecule has 3 N–H and O–H groups in total. The van der Waals surface area contributed by atoms with Crippen molar-refractivity contribution in [1.82, 2.24) is 4.72 Å². The number of para-hydroxylation sites is 1. The van der Waals surface area contributed by atoms with Crippen molar-refractivity contribution in [3.63, 3.8) is 0 Å². The molecular formula is C15H17N3O2S. The molecule has 3 rings (SSSR count). The summed E-state index contributed by atoms with van der Waals surface area (Å²) in [6.07, 6.45) is 0.979. The van der Waals surface area contributed by atoms with Crippen LogP contribution in [0.25, 0.3) is 0 Å². The number of hydrogen-bond acceptors (Lipinski definition) is 4. The van der Waals surface area contributed by atoms with Crippen molar-refractivity contribution in [3.8, 4) is 0 Å². The van der Waals surface area contributed by atoms with Crippen molar-refractivity contribution in [2.75, 3.05) is 24.2 Å². The van der Waals surface area contributed by atoms with Crippen LogP contribution in [0.5, 0.6) is 0 Å². The summed E-state index contributed by atoms with van der Waals surface area (Å²) in [7, 11) is -2.15. The normalized spacial score (nSPS) is 14.2. The highest BCUT2D eigenvalue weighted by molar-refractivity contribution is 7.89. The largest absolute Gasteiger partial charge is 0.398 e. The highest BCUT2D eigenvalue weighted by Crippen LogP contribution is 2.36. The molecule has 0 amide bonds. The van der Waals surface area contributed by atoms with Crippen molar-refractivity contribution < 1.29 is 8.42 Å². The van der Waals surface area contributed by atoms with Gasteiger partial charge in [-0.05, 0) is 43.3 Å². The average molecular weight is 303 g/mol. The summed E-state index contributed by atoms with van der Waals surface area (Å²) in [6.45, 7) is 0.872. The molecule has 0 atom stereocenters. The molecule has 0 bridgehead atoms. The van der Waals surface area contributed by atoms with Gasteiger partial charge in [-0.25, -0.2) is 13.1 Å². The van der Waals surface area contributed by atoms with E-state index < -0.39 is 10.0 Å². The number of sulfonamides is 1. The molecule has 21 heavy (non-hydrogen) atoms. The van der Waals surface area contributed by atoms with Gasteiger partial charge >= 0.3 is 0 Å². The Kier molecular flexibility index (Phi) is 3.35. The zero-order valence-corrected chi connectivity index (χ0v) is 12.5. The SMILES string of the molecule is CNS(=O)(=O)c1ccc(N2CCc3ccccc32)cc1N. The third-order valence-electron chi connectivity index (χ3n) is 3.75. The number of nitrogens with zero attached hydrogens (tertiary/aromatic N) is 1. The maximum atomic E-state index is 11.8. The molecule has 2 aromatic carbocycles. The minimum absolute atomic E-state index is 0.112. The lowest BCUT2D eigenvalue weighted by atomic mass is 10.2. The van der Waals surface area contributed by atoms with Gasteiger partial charge in [-0.15, -0.1) is 0 Å². The summed E-state index contributed by atoms with van der Waals surface area (Å²) >= 11 is 0. The molecule has 0 spiro atoms. The first kappa shape index (κ1) is 13.9. The molecule has 5 nitrogen and oxygen atoms in total. The Labute approximate surface area is 124 Å². The van der Waals surface area contributed by atoms with Crippen LogP contribution in [-0.2, 0) is 16.4 Å². The van der Waals surface area contributed by atoms with Gasteiger partial charge in [0.1, 0.15) is 4.90 Å². The van der Waals surface area contributed by atoms with E-state index in [1.165, 1.54) is 12.6 Å². The van der Waals surface area contributed by atoms with E-state index in [0.717, 1.165) is 24.3 Å². The predicted molar refractivity (Wildman–Crippen MR) is 84.3 cm³/mol. The Morgan fingerprint density at radius 1 is 1.19 bits per heavy atom. The fourth-order valence-corrected chi connectivity index (χ4v) is 3.50. The molecule has 110 valence electrons. The number of nitrogens with two attached hydrogens (primary N) is 1. The number of fused-ring (bicyclic) bond motifs is 1. The van der Waals surface area contributed by atoms with Crippen LogP contribution < -0.4 is 15.4 Å². The summed E-state index contributed by atoms with van der Waals surface area (Å²) in [5, 5.41) is 0. The van der Waals surface area contributed by atoms with Gasteiger partial charge in [-0.2, -0.15) is 0 Å². The molecule has 0 unspecified atom stereocenters. The van der Waals surface area contributed by atoms with E-state index in [2.05, 4.69) is 21.8 Å². The number of rotatable bonds is 3. The first-order chi connectivity index (χ1) is 10.0. The molecule has 1 aliphatic heterocycles. The van der Waals surface area contributed by atoms with E-state index in [0.29, 0.717) is 0 Å². The zero-order valence-electron chi connectivity index (χ0n) is 11.7. The van der Waals surface area contributed by atoms with Crippen LogP contribution in [-0.4, -0.2) is 22.0 Å². The molecule has 0 fully saturated rings. The van der Waals surface area contributed by atoms with Gasteiger partial charge in [0, 0.05) is 17.9 Å². The number of hydrogen-bond donors (Lipinski definition) is 2. The molecule has 0 aromatic heterocycles. The molecule has 1 aliphatic rings. The lowest BCUT2D eigenvalue weighted by Crippen LogP contribution is -2.20. The fourth-order valence-electron chi connectivity index (χ4n) is 2.66. The van der Waals surface area contributed by atoms with Crippen molar-refractivity contribution in [2.24, 2.45) is 0 Å². The van der Waals surface area contributed by atoms with Crippen LogP contribution in [0.3, 0.4) is 0 Å². The molecule has 0 saturated heterocycles.